The van der Waals surface area contributed by atoms with Crippen molar-refractivity contribution in [2.75, 3.05) is 31.6 Å². The third-order valence-corrected chi connectivity index (χ3v) is 4.80. The molecule has 9 heteroatoms. The van der Waals surface area contributed by atoms with Crippen LogP contribution >= 0.6 is 0 Å². The summed E-state index contributed by atoms with van der Waals surface area (Å²) in [5.74, 6) is -0.0819. The van der Waals surface area contributed by atoms with Crippen molar-refractivity contribution in [3.05, 3.63) is 48.3 Å². The van der Waals surface area contributed by atoms with Crippen molar-refractivity contribution in [2.24, 2.45) is 0 Å². The van der Waals surface area contributed by atoms with Crippen molar-refractivity contribution < 1.29 is 22.7 Å². The molecule has 2 rings (SSSR count). The zero-order valence-corrected chi connectivity index (χ0v) is 15.4. The Morgan fingerprint density at radius 1 is 1.23 bits per heavy atom. The molecule has 26 heavy (non-hydrogen) atoms. The highest BCUT2D eigenvalue weighted by Crippen LogP contribution is 2.21. The van der Waals surface area contributed by atoms with Gasteiger partial charge < -0.3 is 14.8 Å². The standard InChI is InChI=1S/C17H21N3O5S/c1-3-25-9-8-19-17(21)15-6-4-5-7-16(15)26(22,23)20-13-10-14(24-2)12-18-11-13/h4-7,10-12,20H,3,8-9H2,1-2H3,(H,19,21). The fourth-order valence-electron chi connectivity index (χ4n) is 2.16. The fourth-order valence-corrected chi connectivity index (χ4v) is 3.40. The Bertz CT molecular complexity index is 855. The van der Waals surface area contributed by atoms with Crippen LogP contribution in [0.15, 0.2) is 47.6 Å². The first-order valence-corrected chi connectivity index (χ1v) is 9.43. The molecule has 140 valence electrons. The van der Waals surface area contributed by atoms with Crippen molar-refractivity contribution in [3.8, 4) is 5.75 Å². The molecule has 0 saturated heterocycles. The second-order valence-corrected chi connectivity index (χ2v) is 6.82. The lowest BCUT2D eigenvalue weighted by molar-refractivity contribution is 0.0919. The molecule has 0 bridgehead atoms. The molecule has 1 amide bonds. The molecule has 0 spiro atoms. The molecule has 0 aliphatic rings. The number of carbonyl (C=O) groups excluding carboxylic acids is 1. The van der Waals surface area contributed by atoms with Crippen LogP contribution < -0.4 is 14.8 Å². The van der Waals surface area contributed by atoms with Crippen LogP contribution in [0.4, 0.5) is 5.69 Å². The molecule has 0 aliphatic heterocycles. The van der Waals surface area contributed by atoms with Crippen LogP contribution in [-0.2, 0) is 14.8 Å². The van der Waals surface area contributed by atoms with E-state index < -0.39 is 15.9 Å². The van der Waals surface area contributed by atoms with E-state index in [4.69, 9.17) is 9.47 Å². The number of rotatable bonds is 9. The SMILES string of the molecule is CCOCCNC(=O)c1ccccc1S(=O)(=O)Nc1cncc(OC)c1. The molecule has 8 nitrogen and oxygen atoms in total. The molecule has 0 fully saturated rings. The number of benzene rings is 1. The number of aromatic nitrogens is 1. The Labute approximate surface area is 152 Å². The highest BCUT2D eigenvalue weighted by atomic mass is 32.2. The molecule has 0 atom stereocenters. The molecular weight excluding hydrogens is 358 g/mol. The predicted octanol–water partition coefficient (Wildman–Crippen LogP) is 1.66. The Morgan fingerprint density at radius 2 is 2.00 bits per heavy atom. The summed E-state index contributed by atoms with van der Waals surface area (Å²) in [4.78, 5) is 16.1. The van der Waals surface area contributed by atoms with Crippen LogP contribution in [0.5, 0.6) is 5.75 Å². The number of nitrogens with zero attached hydrogens (tertiary/aromatic N) is 1. The van der Waals surface area contributed by atoms with Gasteiger partial charge in [0.05, 0.1) is 37.4 Å². The number of hydrogen-bond donors (Lipinski definition) is 2. The summed E-state index contributed by atoms with van der Waals surface area (Å²) in [5.41, 5.74) is 0.281. The van der Waals surface area contributed by atoms with E-state index in [2.05, 4.69) is 15.0 Å². The summed E-state index contributed by atoms with van der Waals surface area (Å²) in [7, 11) is -2.53. The average molecular weight is 379 g/mol. The summed E-state index contributed by atoms with van der Waals surface area (Å²) >= 11 is 0. The zero-order chi connectivity index (χ0) is 19.0. The number of nitrogens with one attached hydrogen (secondary N) is 2. The summed E-state index contributed by atoms with van der Waals surface area (Å²) in [5, 5.41) is 2.64. The molecule has 1 heterocycles. The monoisotopic (exact) mass is 379 g/mol. The van der Waals surface area contributed by atoms with E-state index >= 15 is 0 Å². The van der Waals surface area contributed by atoms with E-state index in [1.54, 1.807) is 12.1 Å². The number of sulfonamides is 1. The van der Waals surface area contributed by atoms with Gasteiger partial charge in [0.25, 0.3) is 15.9 Å². The highest BCUT2D eigenvalue weighted by molar-refractivity contribution is 7.92. The summed E-state index contributed by atoms with van der Waals surface area (Å²) in [6.07, 6.45) is 2.81. The molecule has 0 saturated carbocycles. The summed E-state index contributed by atoms with van der Waals surface area (Å²) < 4.78 is 38.0. The van der Waals surface area contributed by atoms with Crippen LogP contribution in [0.2, 0.25) is 0 Å². The first kappa shape index (κ1) is 19.7. The third-order valence-electron chi connectivity index (χ3n) is 3.36. The van der Waals surface area contributed by atoms with Gasteiger partial charge in [-0.1, -0.05) is 12.1 Å². The fraction of sp³-hybridized carbons (Fsp3) is 0.294. The van der Waals surface area contributed by atoms with E-state index in [-0.39, 0.29) is 22.7 Å². The van der Waals surface area contributed by atoms with Gasteiger partial charge in [-0.25, -0.2) is 8.42 Å². The van der Waals surface area contributed by atoms with Gasteiger partial charge in [-0.3, -0.25) is 14.5 Å². The van der Waals surface area contributed by atoms with Crippen molar-refractivity contribution in [1.29, 1.82) is 0 Å². The second-order valence-electron chi connectivity index (χ2n) is 5.17. The first-order chi connectivity index (χ1) is 12.5. The first-order valence-electron chi connectivity index (χ1n) is 7.94. The molecule has 1 aromatic heterocycles. The van der Waals surface area contributed by atoms with Gasteiger partial charge in [0, 0.05) is 19.2 Å². The zero-order valence-electron chi connectivity index (χ0n) is 14.6. The lowest BCUT2D eigenvalue weighted by Crippen LogP contribution is -2.29. The highest BCUT2D eigenvalue weighted by Gasteiger charge is 2.22. The number of carbonyl (C=O) groups is 1. The topological polar surface area (TPSA) is 107 Å². The van der Waals surface area contributed by atoms with Crippen LogP contribution in [-0.4, -0.2) is 46.2 Å². The minimum atomic E-state index is -3.99. The Kier molecular flexibility index (Phi) is 6.93. The van der Waals surface area contributed by atoms with Gasteiger partial charge in [0.1, 0.15) is 10.6 Å². The average Bonchev–Trinajstić information content (AvgIpc) is 2.65. The second kappa shape index (κ2) is 9.16. The number of pyridine rings is 1. The van der Waals surface area contributed by atoms with Crippen LogP contribution in [0, 0.1) is 0 Å². The summed E-state index contributed by atoms with van der Waals surface area (Å²) in [6, 6.07) is 7.47. The van der Waals surface area contributed by atoms with Gasteiger partial charge in [-0.05, 0) is 19.1 Å². The molecular formula is C17H21N3O5S. The maximum Gasteiger partial charge on any atom is 0.262 e. The van der Waals surface area contributed by atoms with Gasteiger partial charge in [0.15, 0.2) is 0 Å². The molecule has 1 aromatic carbocycles. The quantitative estimate of drug-likeness (QED) is 0.642. The number of amides is 1. The maximum absolute atomic E-state index is 12.7. The van der Waals surface area contributed by atoms with Crippen LogP contribution in [0.3, 0.4) is 0 Å². The van der Waals surface area contributed by atoms with Crippen molar-refractivity contribution in [2.45, 2.75) is 11.8 Å². The lowest BCUT2D eigenvalue weighted by atomic mass is 10.2. The molecule has 2 aromatic rings. The van der Waals surface area contributed by atoms with Crippen molar-refractivity contribution in [1.82, 2.24) is 10.3 Å². The smallest absolute Gasteiger partial charge is 0.262 e. The van der Waals surface area contributed by atoms with Crippen LogP contribution in [0.1, 0.15) is 17.3 Å². The third kappa shape index (κ3) is 5.17. The number of ether oxygens (including phenoxy) is 2. The van der Waals surface area contributed by atoms with E-state index in [9.17, 15) is 13.2 Å². The Hall–Kier alpha value is -2.65. The van der Waals surface area contributed by atoms with Crippen molar-refractivity contribution in [3.63, 3.8) is 0 Å². The molecule has 0 unspecified atom stereocenters. The van der Waals surface area contributed by atoms with Crippen molar-refractivity contribution >= 4 is 21.6 Å². The van der Waals surface area contributed by atoms with E-state index in [1.165, 1.54) is 37.7 Å². The Morgan fingerprint density at radius 3 is 2.73 bits per heavy atom. The van der Waals surface area contributed by atoms with E-state index in [1.807, 2.05) is 6.92 Å². The number of hydrogen-bond acceptors (Lipinski definition) is 6. The van der Waals surface area contributed by atoms with E-state index in [0.717, 1.165) is 0 Å². The van der Waals surface area contributed by atoms with Gasteiger partial charge >= 0.3 is 0 Å². The minimum absolute atomic E-state index is 0.0485. The van der Waals surface area contributed by atoms with Crippen LogP contribution in [0.25, 0.3) is 0 Å². The van der Waals surface area contributed by atoms with Gasteiger partial charge in [-0.2, -0.15) is 0 Å². The minimum Gasteiger partial charge on any atom is -0.495 e. The Balaban J connectivity index is 2.22. The van der Waals surface area contributed by atoms with Gasteiger partial charge in [0.2, 0.25) is 0 Å². The molecule has 0 aliphatic carbocycles. The summed E-state index contributed by atoms with van der Waals surface area (Å²) in [6.45, 7) is 3.03. The van der Waals surface area contributed by atoms with Gasteiger partial charge in [-0.15, -0.1) is 0 Å². The lowest BCUT2D eigenvalue weighted by Gasteiger charge is -2.13. The molecule has 2 N–H and O–H groups in total. The van der Waals surface area contributed by atoms with E-state index in [0.29, 0.717) is 19.0 Å². The maximum atomic E-state index is 12.7. The number of methoxy groups -OCH3 is 1. The predicted molar refractivity (Wildman–Crippen MR) is 96.9 cm³/mol. The largest absolute Gasteiger partial charge is 0.495 e. The normalized spacial score (nSPS) is 11.0. The molecule has 0 radical (unpaired) electrons. The number of anilines is 1.